The summed E-state index contributed by atoms with van der Waals surface area (Å²) in [6.07, 6.45) is 4.79. The molecule has 1 aliphatic rings. The summed E-state index contributed by atoms with van der Waals surface area (Å²) in [5.74, 6) is 0.509. The quantitative estimate of drug-likeness (QED) is 0.241. The number of nitrogens with zero attached hydrogens (tertiary/aromatic N) is 1. The van der Waals surface area contributed by atoms with E-state index in [2.05, 4.69) is 4.98 Å². The highest BCUT2D eigenvalue weighted by Gasteiger charge is 2.35. The Bertz CT molecular complexity index is 1610. The zero-order valence-electron chi connectivity index (χ0n) is 22.6. The number of halogens is 1. The fourth-order valence-corrected chi connectivity index (χ4v) is 5.41. The molecule has 0 amide bonds. The van der Waals surface area contributed by atoms with Crippen molar-refractivity contribution >= 4 is 16.1 Å². The highest BCUT2D eigenvalue weighted by molar-refractivity contribution is 7.89. The highest BCUT2D eigenvalue weighted by atomic mass is 32.2. The largest absolute Gasteiger partial charge is 0.436 e. The van der Waals surface area contributed by atoms with Crippen molar-refractivity contribution < 1.29 is 31.4 Å². The lowest BCUT2D eigenvalue weighted by molar-refractivity contribution is -0.0949. The van der Waals surface area contributed by atoms with Gasteiger partial charge >= 0.3 is 0 Å². The molecule has 8 nitrogen and oxygen atoms in total. The van der Waals surface area contributed by atoms with Crippen molar-refractivity contribution in [1.82, 2.24) is 4.98 Å². The van der Waals surface area contributed by atoms with E-state index >= 15 is 0 Å². The molecular weight excluding hydrogens is 547 g/mol. The molecule has 0 radical (unpaired) electrons. The lowest BCUT2D eigenvalue weighted by atomic mass is 9.85. The van der Waals surface area contributed by atoms with Gasteiger partial charge in [0.25, 0.3) is 0 Å². The Morgan fingerprint density at radius 1 is 1.02 bits per heavy atom. The first-order valence-electron chi connectivity index (χ1n) is 13.1. The summed E-state index contributed by atoms with van der Waals surface area (Å²) in [7, 11) is -2.17. The Morgan fingerprint density at radius 2 is 1.76 bits per heavy atom. The molecule has 0 atom stereocenters. The molecule has 41 heavy (non-hydrogen) atoms. The SMILES string of the molecule is COC1(c2cc(F)cc(COCC=Cc3nc(-c4ccccc4)c(-c4ccc(S(N)(=O)=O)cc4)o3)c2)CCOCC1. The average molecular weight is 579 g/mol. The van der Waals surface area contributed by atoms with Crippen LogP contribution in [0.15, 0.2) is 88.2 Å². The second-order valence-corrected chi connectivity index (χ2v) is 11.3. The number of primary sulfonamides is 1. The maximum Gasteiger partial charge on any atom is 0.238 e. The van der Waals surface area contributed by atoms with Gasteiger partial charge in [-0.2, -0.15) is 0 Å². The lowest BCUT2D eigenvalue weighted by Crippen LogP contribution is -2.35. The van der Waals surface area contributed by atoms with E-state index in [9.17, 15) is 12.8 Å². The van der Waals surface area contributed by atoms with Crippen LogP contribution in [-0.2, 0) is 36.4 Å². The first-order chi connectivity index (χ1) is 19.8. The maximum absolute atomic E-state index is 14.5. The molecular formula is C31H31FN2O6S. The number of benzene rings is 3. The summed E-state index contributed by atoms with van der Waals surface area (Å²) in [6.45, 7) is 1.59. The minimum absolute atomic E-state index is 0.00913. The number of sulfonamides is 1. The fourth-order valence-electron chi connectivity index (χ4n) is 4.89. The van der Waals surface area contributed by atoms with E-state index in [1.54, 1.807) is 31.4 Å². The molecule has 2 heterocycles. The average Bonchev–Trinajstić information content (AvgIpc) is 3.41. The van der Waals surface area contributed by atoms with Gasteiger partial charge in [-0.05, 0) is 53.6 Å². The number of ether oxygens (including phenoxy) is 3. The van der Waals surface area contributed by atoms with Gasteiger partial charge in [0.2, 0.25) is 15.9 Å². The number of aromatic nitrogens is 1. The number of oxazole rings is 1. The summed E-state index contributed by atoms with van der Waals surface area (Å²) in [6, 6.07) is 20.6. The number of rotatable bonds is 10. The predicted octanol–water partition coefficient (Wildman–Crippen LogP) is 5.68. The summed E-state index contributed by atoms with van der Waals surface area (Å²) < 4.78 is 60.9. The van der Waals surface area contributed by atoms with Gasteiger partial charge in [0, 0.05) is 44.3 Å². The van der Waals surface area contributed by atoms with Crippen LogP contribution in [0.4, 0.5) is 4.39 Å². The molecule has 0 unspecified atom stereocenters. The summed E-state index contributed by atoms with van der Waals surface area (Å²) in [4.78, 5) is 4.66. The molecule has 0 aliphatic carbocycles. The van der Waals surface area contributed by atoms with Crippen molar-refractivity contribution in [1.29, 1.82) is 0 Å². The van der Waals surface area contributed by atoms with Crippen molar-refractivity contribution in [3.05, 3.63) is 102 Å². The van der Waals surface area contributed by atoms with Crippen LogP contribution in [0, 0.1) is 5.82 Å². The monoisotopic (exact) mass is 578 g/mol. The lowest BCUT2D eigenvalue weighted by Gasteiger charge is -2.36. The molecule has 5 rings (SSSR count). The summed E-state index contributed by atoms with van der Waals surface area (Å²) >= 11 is 0. The summed E-state index contributed by atoms with van der Waals surface area (Å²) in [5.41, 5.74) is 3.05. The second kappa shape index (κ2) is 12.5. The third-order valence-electron chi connectivity index (χ3n) is 7.05. The minimum atomic E-state index is -3.82. The van der Waals surface area contributed by atoms with Gasteiger partial charge in [0.05, 0.1) is 23.7 Å². The third-order valence-corrected chi connectivity index (χ3v) is 7.98. The van der Waals surface area contributed by atoms with Gasteiger partial charge in [0.15, 0.2) is 5.76 Å². The van der Waals surface area contributed by atoms with Crippen LogP contribution < -0.4 is 5.14 Å². The second-order valence-electron chi connectivity index (χ2n) is 9.74. The van der Waals surface area contributed by atoms with Crippen LogP contribution in [0.25, 0.3) is 28.7 Å². The number of hydrogen-bond acceptors (Lipinski definition) is 7. The van der Waals surface area contributed by atoms with Gasteiger partial charge in [-0.3, -0.25) is 0 Å². The van der Waals surface area contributed by atoms with Gasteiger partial charge in [0.1, 0.15) is 11.5 Å². The Labute approximate surface area is 238 Å². The molecule has 1 aliphatic heterocycles. The molecule has 214 valence electrons. The van der Waals surface area contributed by atoms with Crippen molar-refractivity contribution in [3.63, 3.8) is 0 Å². The van der Waals surface area contributed by atoms with E-state index in [-0.39, 0.29) is 23.9 Å². The van der Waals surface area contributed by atoms with E-state index in [0.717, 1.165) is 11.1 Å². The number of nitrogens with two attached hydrogens (primary N) is 1. The molecule has 2 N–H and O–H groups in total. The summed E-state index contributed by atoms with van der Waals surface area (Å²) in [5, 5.41) is 5.23. The van der Waals surface area contributed by atoms with E-state index < -0.39 is 15.6 Å². The van der Waals surface area contributed by atoms with E-state index in [1.165, 1.54) is 24.3 Å². The number of hydrogen-bond donors (Lipinski definition) is 1. The van der Waals surface area contributed by atoms with Crippen molar-refractivity contribution in [2.75, 3.05) is 26.9 Å². The van der Waals surface area contributed by atoms with Crippen LogP contribution in [0.3, 0.4) is 0 Å². The van der Waals surface area contributed by atoms with Crippen molar-refractivity contribution in [2.24, 2.45) is 5.14 Å². The zero-order valence-corrected chi connectivity index (χ0v) is 23.4. The first kappa shape index (κ1) is 28.8. The van der Waals surface area contributed by atoms with Crippen LogP contribution in [0.5, 0.6) is 0 Å². The molecule has 1 aromatic heterocycles. The molecule has 0 bridgehead atoms. The predicted molar refractivity (Wildman–Crippen MR) is 153 cm³/mol. The molecule has 1 fully saturated rings. The van der Waals surface area contributed by atoms with Crippen LogP contribution in [0.2, 0.25) is 0 Å². The van der Waals surface area contributed by atoms with E-state index in [4.69, 9.17) is 23.8 Å². The van der Waals surface area contributed by atoms with Crippen molar-refractivity contribution in [3.8, 4) is 22.6 Å². The Hall–Kier alpha value is -3.67. The molecule has 1 saturated heterocycles. The van der Waals surface area contributed by atoms with Crippen LogP contribution in [0.1, 0.15) is 29.9 Å². The standard InChI is InChI=1S/C31H31FN2O6S/c1-37-31(13-16-38-17-14-31)25-18-22(19-26(32)20-25)21-39-15-5-8-28-34-29(23-6-3-2-4-7-23)30(40-28)24-9-11-27(12-10-24)41(33,35)36/h2-12,18-20H,13-17,21H2,1H3,(H2,33,35,36). The smallest absolute Gasteiger partial charge is 0.238 e. The Morgan fingerprint density at radius 3 is 2.44 bits per heavy atom. The molecule has 3 aromatic carbocycles. The molecule has 0 saturated carbocycles. The first-order valence-corrected chi connectivity index (χ1v) is 14.7. The van der Waals surface area contributed by atoms with Gasteiger partial charge in [-0.15, -0.1) is 0 Å². The Kier molecular flexibility index (Phi) is 8.77. The zero-order chi connectivity index (χ0) is 28.9. The van der Waals surface area contributed by atoms with Gasteiger partial charge in [-0.25, -0.2) is 22.9 Å². The topological polar surface area (TPSA) is 114 Å². The van der Waals surface area contributed by atoms with Gasteiger partial charge < -0.3 is 18.6 Å². The maximum atomic E-state index is 14.5. The van der Waals surface area contributed by atoms with E-state index in [0.29, 0.717) is 54.5 Å². The third kappa shape index (κ3) is 6.80. The highest BCUT2D eigenvalue weighted by Crippen LogP contribution is 2.37. The Balaban J connectivity index is 1.30. The minimum Gasteiger partial charge on any atom is -0.436 e. The number of methoxy groups -OCH3 is 1. The van der Waals surface area contributed by atoms with Gasteiger partial charge in [-0.1, -0.05) is 42.5 Å². The van der Waals surface area contributed by atoms with Crippen LogP contribution >= 0.6 is 0 Å². The van der Waals surface area contributed by atoms with E-state index in [1.807, 2.05) is 36.4 Å². The molecule has 4 aromatic rings. The molecule has 0 spiro atoms. The normalized spacial score (nSPS) is 15.4. The van der Waals surface area contributed by atoms with Crippen LogP contribution in [-0.4, -0.2) is 40.3 Å². The van der Waals surface area contributed by atoms with Crippen molar-refractivity contribution in [2.45, 2.75) is 29.9 Å². The fraction of sp³-hybridized carbons (Fsp3) is 0.258. The molecule has 10 heteroatoms.